The van der Waals surface area contributed by atoms with Crippen molar-refractivity contribution >= 4 is 34.0 Å². The summed E-state index contributed by atoms with van der Waals surface area (Å²) >= 11 is 3.32. The second kappa shape index (κ2) is 9.72. The van der Waals surface area contributed by atoms with Gasteiger partial charge in [-0.1, -0.05) is 22.0 Å². The van der Waals surface area contributed by atoms with Gasteiger partial charge in [0.15, 0.2) is 6.61 Å². The number of hydrogen-bond acceptors (Lipinski definition) is 5. The third-order valence-corrected chi connectivity index (χ3v) is 3.56. The van der Waals surface area contributed by atoms with Gasteiger partial charge in [-0.15, -0.1) is 0 Å². The van der Waals surface area contributed by atoms with E-state index >= 15 is 0 Å². The van der Waals surface area contributed by atoms with Crippen LogP contribution in [0.4, 0.5) is 0 Å². The molecule has 0 radical (unpaired) electrons. The molecule has 0 aliphatic heterocycles. The molecule has 0 aromatic heterocycles. The number of hydrazone groups is 1. The molecule has 1 N–H and O–H groups in total. The monoisotopic (exact) mass is 418 g/mol. The SMILES string of the molecule is CC(C)OC(=O)COc1ccc(/C=N\NC(=O)c2cccc(Br)c2)cc1. The summed E-state index contributed by atoms with van der Waals surface area (Å²) in [5.74, 6) is -0.173. The Kier molecular flexibility index (Phi) is 7.35. The van der Waals surface area contributed by atoms with Gasteiger partial charge in [0.05, 0.1) is 12.3 Å². The average molecular weight is 419 g/mol. The van der Waals surface area contributed by atoms with Crippen LogP contribution in [0.3, 0.4) is 0 Å². The molecule has 0 saturated heterocycles. The first-order chi connectivity index (χ1) is 12.4. The zero-order chi connectivity index (χ0) is 18.9. The molecule has 2 aromatic carbocycles. The van der Waals surface area contributed by atoms with Gasteiger partial charge in [-0.25, -0.2) is 10.2 Å². The molecule has 0 heterocycles. The maximum absolute atomic E-state index is 12.0. The molecule has 0 atom stereocenters. The Balaban J connectivity index is 1.83. The maximum atomic E-state index is 12.0. The molecule has 0 saturated carbocycles. The van der Waals surface area contributed by atoms with Gasteiger partial charge in [-0.2, -0.15) is 5.10 Å². The summed E-state index contributed by atoms with van der Waals surface area (Å²) in [6.45, 7) is 3.41. The molecular formula is C19H19BrN2O4. The number of amides is 1. The number of esters is 1. The van der Waals surface area contributed by atoms with Crippen molar-refractivity contribution in [2.75, 3.05) is 6.61 Å². The van der Waals surface area contributed by atoms with E-state index in [9.17, 15) is 9.59 Å². The topological polar surface area (TPSA) is 77.0 Å². The summed E-state index contributed by atoms with van der Waals surface area (Å²) in [6, 6.07) is 14.0. The lowest BCUT2D eigenvalue weighted by Gasteiger charge is -2.09. The zero-order valence-corrected chi connectivity index (χ0v) is 16.0. The molecule has 0 aliphatic carbocycles. The molecule has 136 valence electrons. The summed E-state index contributed by atoms with van der Waals surface area (Å²) in [5.41, 5.74) is 3.75. The van der Waals surface area contributed by atoms with Crippen molar-refractivity contribution in [3.63, 3.8) is 0 Å². The third kappa shape index (κ3) is 6.68. The lowest BCUT2D eigenvalue weighted by atomic mass is 10.2. The van der Waals surface area contributed by atoms with Gasteiger partial charge in [0.25, 0.3) is 5.91 Å². The van der Waals surface area contributed by atoms with E-state index in [0.29, 0.717) is 11.3 Å². The predicted octanol–water partition coefficient (Wildman–Crippen LogP) is 3.54. The van der Waals surface area contributed by atoms with Gasteiger partial charge in [0, 0.05) is 10.0 Å². The number of benzene rings is 2. The second-order valence-corrected chi connectivity index (χ2v) is 6.52. The molecule has 2 aromatic rings. The van der Waals surface area contributed by atoms with E-state index in [1.165, 1.54) is 6.21 Å². The Morgan fingerprint density at radius 2 is 1.92 bits per heavy atom. The molecule has 0 fully saturated rings. The molecule has 0 unspecified atom stereocenters. The molecule has 26 heavy (non-hydrogen) atoms. The molecule has 0 spiro atoms. The van der Waals surface area contributed by atoms with Crippen molar-refractivity contribution in [1.29, 1.82) is 0 Å². The minimum Gasteiger partial charge on any atom is -0.482 e. The zero-order valence-electron chi connectivity index (χ0n) is 14.4. The largest absolute Gasteiger partial charge is 0.482 e. The molecule has 0 bridgehead atoms. The minimum atomic E-state index is -0.416. The minimum absolute atomic E-state index is 0.145. The summed E-state index contributed by atoms with van der Waals surface area (Å²) in [4.78, 5) is 23.4. The standard InChI is InChI=1S/C19H19BrN2O4/c1-13(2)26-18(23)12-25-17-8-6-14(7-9-17)11-21-22-19(24)15-4-3-5-16(20)10-15/h3-11,13H,12H2,1-2H3,(H,22,24)/b21-11-. The van der Waals surface area contributed by atoms with E-state index in [1.807, 2.05) is 6.07 Å². The molecule has 2 rings (SSSR count). The van der Waals surface area contributed by atoms with Crippen LogP contribution < -0.4 is 10.2 Å². The van der Waals surface area contributed by atoms with Gasteiger partial charge in [-0.3, -0.25) is 4.79 Å². The van der Waals surface area contributed by atoms with Gasteiger partial charge in [-0.05, 0) is 61.9 Å². The van der Waals surface area contributed by atoms with Gasteiger partial charge in [0.1, 0.15) is 5.75 Å². The molecule has 7 heteroatoms. The summed E-state index contributed by atoms with van der Waals surface area (Å²) in [7, 11) is 0. The first kappa shape index (κ1) is 19.7. The fraction of sp³-hybridized carbons (Fsp3) is 0.211. The van der Waals surface area contributed by atoms with Crippen LogP contribution in [-0.4, -0.2) is 30.8 Å². The Bertz CT molecular complexity index is 788. The normalized spacial score (nSPS) is 10.8. The Labute approximate surface area is 160 Å². The van der Waals surface area contributed by atoms with Crippen molar-refractivity contribution < 1.29 is 19.1 Å². The highest BCUT2D eigenvalue weighted by Gasteiger charge is 2.06. The maximum Gasteiger partial charge on any atom is 0.344 e. The highest BCUT2D eigenvalue weighted by Crippen LogP contribution is 2.12. The van der Waals surface area contributed by atoms with Crippen molar-refractivity contribution in [2.45, 2.75) is 20.0 Å². The smallest absolute Gasteiger partial charge is 0.344 e. The predicted molar refractivity (Wildman–Crippen MR) is 102 cm³/mol. The number of rotatable bonds is 7. The Morgan fingerprint density at radius 3 is 2.58 bits per heavy atom. The van der Waals surface area contributed by atoms with Gasteiger partial charge in [0.2, 0.25) is 0 Å². The van der Waals surface area contributed by atoms with Crippen LogP contribution in [-0.2, 0) is 9.53 Å². The van der Waals surface area contributed by atoms with Crippen LogP contribution in [0.25, 0.3) is 0 Å². The van der Waals surface area contributed by atoms with Crippen molar-refractivity contribution in [2.24, 2.45) is 5.10 Å². The molecule has 1 amide bonds. The Morgan fingerprint density at radius 1 is 1.19 bits per heavy atom. The van der Waals surface area contributed by atoms with Crippen molar-refractivity contribution in [3.8, 4) is 5.75 Å². The molecule has 6 nitrogen and oxygen atoms in total. The lowest BCUT2D eigenvalue weighted by molar-refractivity contribution is -0.149. The quantitative estimate of drug-likeness (QED) is 0.423. The van der Waals surface area contributed by atoms with Crippen LogP contribution in [0.2, 0.25) is 0 Å². The number of halogens is 1. The van der Waals surface area contributed by atoms with Crippen LogP contribution >= 0.6 is 15.9 Å². The summed E-state index contributed by atoms with van der Waals surface area (Å²) < 4.78 is 11.2. The first-order valence-corrected chi connectivity index (χ1v) is 8.74. The lowest BCUT2D eigenvalue weighted by Crippen LogP contribution is -2.18. The number of ether oxygens (including phenoxy) is 2. The fourth-order valence-electron chi connectivity index (χ4n) is 1.95. The van der Waals surface area contributed by atoms with E-state index in [0.717, 1.165) is 10.0 Å². The van der Waals surface area contributed by atoms with Crippen LogP contribution in [0.15, 0.2) is 58.1 Å². The highest BCUT2D eigenvalue weighted by molar-refractivity contribution is 9.10. The van der Waals surface area contributed by atoms with Crippen LogP contribution in [0, 0.1) is 0 Å². The number of hydrogen-bond donors (Lipinski definition) is 1. The highest BCUT2D eigenvalue weighted by atomic mass is 79.9. The molecular weight excluding hydrogens is 400 g/mol. The number of nitrogens with one attached hydrogen (secondary N) is 1. The summed E-state index contributed by atoms with van der Waals surface area (Å²) in [5, 5.41) is 3.93. The van der Waals surface area contributed by atoms with E-state index in [-0.39, 0.29) is 18.6 Å². The fourth-order valence-corrected chi connectivity index (χ4v) is 2.35. The van der Waals surface area contributed by atoms with E-state index in [1.54, 1.807) is 56.3 Å². The molecule has 0 aliphatic rings. The first-order valence-electron chi connectivity index (χ1n) is 7.95. The van der Waals surface area contributed by atoms with Gasteiger partial charge < -0.3 is 9.47 Å². The van der Waals surface area contributed by atoms with E-state index < -0.39 is 5.97 Å². The van der Waals surface area contributed by atoms with Crippen LogP contribution in [0.5, 0.6) is 5.75 Å². The van der Waals surface area contributed by atoms with Crippen molar-refractivity contribution in [1.82, 2.24) is 5.43 Å². The number of carbonyl (C=O) groups is 2. The van der Waals surface area contributed by atoms with E-state index in [4.69, 9.17) is 9.47 Å². The average Bonchev–Trinajstić information content (AvgIpc) is 2.60. The summed E-state index contributed by atoms with van der Waals surface area (Å²) in [6.07, 6.45) is 1.35. The van der Waals surface area contributed by atoms with Crippen molar-refractivity contribution in [3.05, 3.63) is 64.1 Å². The number of carbonyl (C=O) groups excluding carboxylic acids is 2. The Hall–Kier alpha value is -2.67. The third-order valence-electron chi connectivity index (χ3n) is 3.07. The van der Waals surface area contributed by atoms with E-state index in [2.05, 4.69) is 26.5 Å². The van der Waals surface area contributed by atoms with Gasteiger partial charge >= 0.3 is 5.97 Å². The van der Waals surface area contributed by atoms with Crippen LogP contribution in [0.1, 0.15) is 29.8 Å². The second-order valence-electron chi connectivity index (χ2n) is 5.61. The number of nitrogens with zero attached hydrogens (tertiary/aromatic N) is 1.